The van der Waals surface area contributed by atoms with E-state index in [1.807, 2.05) is 25.7 Å². The molecule has 16 heavy (non-hydrogen) atoms. The molecule has 0 radical (unpaired) electrons. The molecule has 92 valence electrons. The molecule has 0 aromatic carbocycles. The number of ether oxygens (including phenoxy) is 1. The van der Waals surface area contributed by atoms with E-state index in [1.165, 1.54) is 0 Å². The average Bonchev–Trinajstić information content (AvgIpc) is 2.61. The van der Waals surface area contributed by atoms with E-state index in [1.54, 1.807) is 0 Å². The predicted molar refractivity (Wildman–Crippen MR) is 62.3 cm³/mol. The van der Waals surface area contributed by atoms with E-state index < -0.39 is 0 Å². The first-order valence-corrected chi connectivity index (χ1v) is 6.14. The van der Waals surface area contributed by atoms with Gasteiger partial charge in [0.15, 0.2) is 0 Å². The lowest BCUT2D eigenvalue weighted by Gasteiger charge is -2.35. The number of amides is 1. The normalized spacial score (nSPS) is 30.1. The molecule has 2 aliphatic heterocycles. The molecule has 0 bridgehead atoms. The average molecular weight is 226 g/mol. The lowest BCUT2D eigenvalue weighted by atomic mass is 9.89. The number of rotatable bonds is 0. The third kappa shape index (κ3) is 2.67. The molecule has 0 aromatic heterocycles. The van der Waals surface area contributed by atoms with Gasteiger partial charge in [0.2, 0.25) is 0 Å². The van der Waals surface area contributed by atoms with Gasteiger partial charge in [-0.15, -0.1) is 0 Å². The van der Waals surface area contributed by atoms with Crippen LogP contribution in [0.2, 0.25) is 0 Å². The van der Waals surface area contributed by atoms with Crippen molar-refractivity contribution in [2.45, 2.75) is 32.8 Å². The fraction of sp³-hybridized carbons (Fsp3) is 0.917. The highest BCUT2D eigenvalue weighted by Crippen LogP contribution is 2.27. The quantitative estimate of drug-likeness (QED) is 0.680. The van der Waals surface area contributed by atoms with Gasteiger partial charge < -0.3 is 15.0 Å². The van der Waals surface area contributed by atoms with Crippen molar-refractivity contribution < 1.29 is 9.53 Å². The number of hydrogen-bond acceptors (Lipinski definition) is 3. The number of nitrogens with one attached hydrogen (secondary N) is 1. The molecule has 0 unspecified atom stereocenters. The second-order valence-corrected chi connectivity index (χ2v) is 5.89. The molecule has 4 nitrogen and oxygen atoms in total. The predicted octanol–water partition coefficient (Wildman–Crippen LogP) is 1.46. The van der Waals surface area contributed by atoms with Crippen molar-refractivity contribution in [1.82, 2.24) is 10.2 Å². The molecular weight excluding hydrogens is 204 g/mol. The van der Waals surface area contributed by atoms with Gasteiger partial charge in [-0.05, 0) is 52.1 Å². The van der Waals surface area contributed by atoms with Crippen molar-refractivity contribution in [3.05, 3.63) is 0 Å². The maximum Gasteiger partial charge on any atom is 0.410 e. The van der Waals surface area contributed by atoms with E-state index in [9.17, 15) is 4.79 Å². The van der Waals surface area contributed by atoms with Gasteiger partial charge in [0, 0.05) is 13.1 Å². The Balaban J connectivity index is 1.89. The minimum atomic E-state index is -0.387. The minimum Gasteiger partial charge on any atom is -0.444 e. The summed E-state index contributed by atoms with van der Waals surface area (Å²) in [5.41, 5.74) is -0.387. The van der Waals surface area contributed by atoms with E-state index in [4.69, 9.17) is 4.74 Å². The van der Waals surface area contributed by atoms with Crippen LogP contribution in [-0.4, -0.2) is 42.8 Å². The molecule has 2 aliphatic rings. The Kier molecular flexibility index (Phi) is 3.10. The molecule has 0 aromatic rings. The van der Waals surface area contributed by atoms with E-state index in [-0.39, 0.29) is 11.7 Å². The van der Waals surface area contributed by atoms with Crippen molar-refractivity contribution in [1.29, 1.82) is 0 Å². The van der Waals surface area contributed by atoms with Crippen LogP contribution in [0.15, 0.2) is 0 Å². The van der Waals surface area contributed by atoms with Gasteiger partial charge in [-0.3, -0.25) is 0 Å². The first-order valence-electron chi connectivity index (χ1n) is 6.14. The molecule has 0 saturated carbocycles. The van der Waals surface area contributed by atoms with Crippen LogP contribution in [0.25, 0.3) is 0 Å². The summed E-state index contributed by atoms with van der Waals surface area (Å²) in [7, 11) is 0. The van der Waals surface area contributed by atoms with E-state index in [2.05, 4.69) is 5.32 Å². The monoisotopic (exact) mass is 226 g/mol. The largest absolute Gasteiger partial charge is 0.444 e. The molecule has 0 spiro atoms. The SMILES string of the molecule is CC(C)(C)OC(=O)N1CC[C@H]2CNC[C@H]2C1. The van der Waals surface area contributed by atoms with E-state index in [0.29, 0.717) is 5.92 Å². The highest BCUT2D eigenvalue weighted by molar-refractivity contribution is 5.68. The molecule has 1 N–H and O–H groups in total. The highest BCUT2D eigenvalue weighted by Gasteiger charge is 2.35. The van der Waals surface area contributed by atoms with Gasteiger partial charge in [0.25, 0.3) is 0 Å². The van der Waals surface area contributed by atoms with Gasteiger partial charge in [-0.25, -0.2) is 4.79 Å². The molecule has 2 heterocycles. The van der Waals surface area contributed by atoms with Crippen molar-refractivity contribution in [2.24, 2.45) is 11.8 Å². The first-order chi connectivity index (χ1) is 7.46. The molecule has 0 aliphatic carbocycles. The van der Waals surface area contributed by atoms with Crippen molar-refractivity contribution in [2.75, 3.05) is 26.2 Å². The number of nitrogens with zero attached hydrogens (tertiary/aromatic N) is 1. The van der Waals surface area contributed by atoms with Crippen molar-refractivity contribution >= 4 is 6.09 Å². The number of fused-ring (bicyclic) bond motifs is 1. The molecule has 2 atom stereocenters. The van der Waals surface area contributed by atoms with Crippen molar-refractivity contribution in [3.8, 4) is 0 Å². The van der Waals surface area contributed by atoms with Crippen LogP contribution in [0.5, 0.6) is 0 Å². The lowest BCUT2D eigenvalue weighted by Crippen LogP contribution is -2.45. The van der Waals surface area contributed by atoms with Gasteiger partial charge >= 0.3 is 6.09 Å². The summed E-state index contributed by atoms with van der Waals surface area (Å²) in [6.07, 6.45) is 0.953. The minimum absolute atomic E-state index is 0.155. The third-order valence-corrected chi connectivity index (χ3v) is 3.36. The smallest absolute Gasteiger partial charge is 0.410 e. The Bertz CT molecular complexity index is 273. The van der Waals surface area contributed by atoms with Crippen LogP contribution in [0, 0.1) is 11.8 Å². The number of piperidine rings is 1. The molecule has 2 saturated heterocycles. The molecule has 4 heteroatoms. The molecule has 2 rings (SSSR count). The molecular formula is C12H22N2O2. The summed E-state index contributed by atoms with van der Waals surface area (Å²) in [6.45, 7) is 9.60. The first kappa shape index (κ1) is 11.7. The topological polar surface area (TPSA) is 41.6 Å². The second-order valence-electron chi connectivity index (χ2n) is 5.89. The zero-order valence-electron chi connectivity index (χ0n) is 10.5. The zero-order chi connectivity index (χ0) is 11.8. The fourth-order valence-electron chi connectivity index (χ4n) is 2.53. The van der Waals surface area contributed by atoms with Crippen LogP contribution in [0.1, 0.15) is 27.2 Å². The van der Waals surface area contributed by atoms with Crippen LogP contribution < -0.4 is 5.32 Å². The Morgan fingerprint density at radius 1 is 1.31 bits per heavy atom. The zero-order valence-corrected chi connectivity index (χ0v) is 10.5. The van der Waals surface area contributed by atoms with E-state index in [0.717, 1.165) is 38.5 Å². The summed E-state index contributed by atoms with van der Waals surface area (Å²) in [6, 6.07) is 0. The van der Waals surface area contributed by atoms with Crippen LogP contribution in [-0.2, 0) is 4.74 Å². The van der Waals surface area contributed by atoms with Crippen molar-refractivity contribution in [3.63, 3.8) is 0 Å². The number of carbonyl (C=O) groups is 1. The van der Waals surface area contributed by atoms with Crippen LogP contribution in [0.4, 0.5) is 4.79 Å². The number of hydrogen-bond donors (Lipinski definition) is 1. The Hall–Kier alpha value is -0.770. The number of carbonyl (C=O) groups excluding carboxylic acids is 1. The molecule has 1 amide bonds. The maximum atomic E-state index is 11.9. The highest BCUT2D eigenvalue weighted by atomic mass is 16.6. The Labute approximate surface area is 97.3 Å². The van der Waals surface area contributed by atoms with Crippen LogP contribution >= 0.6 is 0 Å². The summed E-state index contributed by atoms with van der Waals surface area (Å²) >= 11 is 0. The number of likely N-dealkylation sites (tertiary alicyclic amines) is 1. The summed E-state index contributed by atoms with van der Waals surface area (Å²) in [4.78, 5) is 13.7. The molecule has 2 fully saturated rings. The Morgan fingerprint density at radius 3 is 2.69 bits per heavy atom. The Morgan fingerprint density at radius 2 is 2.00 bits per heavy atom. The summed E-state index contributed by atoms with van der Waals surface area (Å²) in [5, 5.41) is 3.39. The maximum absolute atomic E-state index is 11.9. The van der Waals surface area contributed by atoms with E-state index >= 15 is 0 Å². The summed E-state index contributed by atoms with van der Waals surface area (Å²) < 4.78 is 5.39. The van der Waals surface area contributed by atoms with Gasteiger partial charge in [0.05, 0.1) is 0 Å². The fourth-order valence-corrected chi connectivity index (χ4v) is 2.53. The summed E-state index contributed by atoms with van der Waals surface area (Å²) in [5.74, 6) is 1.39. The standard InChI is InChI=1S/C12H22N2O2/c1-12(2,3)16-11(15)14-5-4-9-6-13-7-10(9)8-14/h9-10,13H,4-8H2,1-3H3/t9-,10-/m0/s1. The third-order valence-electron chi connectivity index (χ3n) is 3.36. The van der Waals surface area contributed by atoms with Gasteiger partial charge in [0.1, 0.15) is 5.60 Å². The van der Waals surface area contributed by atoms with Crippen LogP contribution in [0.3, 0.4) is 0 Å². The van der Waals surface area contributed by atoms with Gasteiger partial charge in [-0.2, -0.15) is 0 Å². The van der Waals surface area contributed by atoms with Gasteiger partial charge in [-0.1, -0.05) is 0 Å². The second kappa shape index (κ2) is 4.24. The lowest BCUT2D eigenvalue weighted by molar-refractivity contribution is 0.0140.